The molecule has 1 heterocycles. The van der Waals surface area contributed by atoms with E-state index < -0.39 is 0 Å². The Kier molecular flexibility index (Phi) is 2.75. The van der Waals surface area contributed by atoms with Crippen LogP contribution in [0.15, 0.2) is 36.4 Å². The lowest BCUT2D eigenvalue weighted by atomic mass is 10.2. The zero-order valence-corrected chi connectivity index (χ0v) is 9.29. The second kappa shape index (κ2) is 4.04. The lowest BCUT2D eigenvalue weighted by Gasteiger charge is -1.99. The van der Waals surface area contributed by atoms with Crippen LogP contribution in [0.3, 0.4) is 0 Å². The van der Waals surface area contributed by atoms with E-state index in [4.69, 9.17) is 5.73 Å². The Morgan fingerprint density at radius 1 is 1.13 bits per heavy atom. The van der Waals surface area contributed by atoms with Crippen LogP contribution in [0.5, 0.6) is 5.75 Å². The molecule has 1 unspecified atom stereocenters. The van der Waals surface area contributed by atoms with Crippen molar-refractivity contribution in [2.75, 3.05) is 0 Å². The summed E-state index contributed by atoms with van der Waals surface area (Å²) in [4.78, 5) is 2.36. The summed E-state index contributed by atoms with van der Waals surface area (Å²) >= 11 is 1.69. The molecule has 0 aliphatic carbocycles. The summed E-state index contributed by atoms with van der Waals surface area (Å²) in [6.07, 6.45) is 0. The van der Waals surface area contributed by atoms with E-state index in [1.807, 2.05) is 19.1 Å². The fourth-order valence-corrected chi connectivity index (χ4v) is 2.34. The summed E-state index contributed by atoms with van der Waals surface area (Å²) in [5.74, 6) is 0.294. The fourth-order valence-electron chi connectivity index (χ4n) is 1.38. The number of nitrogens with two attached hydrogens (primary N) is 1. The first kappa shape index (κ1) is 10.2. The van der Waals surface area contributed by atoms with Gasteiger partial charge in [0.05, 0.1) is 0 Å². The molecule has 0 amide bonds. The highest BCUT2D eigenvalue weighted by Gasteiger charge is 2.05. The number of phenolic OH excluding ortho intramolecular Hbond substituents is 1. The van der Waals surface area contributed by atoms with Crippen LogP contribution in [-0.4, -0.2) is 5.11 Å². The highest BCUT2D eigenvalue weighted by Crippen LogP contribution is 2.31. The van der Waals surface area contributed by atoms with Crippen LogP contribution in [0, 0.1) is 0 Å². The molecule has 3 heteroatoms. The molecule has 2 nitrogen and oxygen atoms in total. The van der Waals surface area contributed by atoms with E-state index in [2.05, 4.69) is 12.1 Å². The van der Waals surface area contributed by atoms with Crippen molar-refractivity contribution in [3.63, 3.8) is 0 Å². The van der Waals surface area contributed by atoms with Crippen molar-refractivity contribution >= 4 is 11.3 Å². The molecule has 0 spiro atoms. The first-order valence-electron chi connectivity index (χ1n) is 4.81. The SMILES string of the molecule is CC(N)c1ccc(-c2ccc(O)cc2)s1. The molecular weight excluding hydrogens is 206 g/mol. The number of rotatable bonds is 2. The van der Waals surface area contributed by atoms with Gasteiger partial charge in [-0.25, -0.2) is 0 Å². The Morgan fingerprint density at radius 2 is 1.80 bits per heavy atom. The van der Waals surface area contributed by atoms with E-state index in [1.165, 1.54) is 9.75 Å². The quantitative estimate of drug-likeness (QED) is 0.815. The van der Waals surface area contributed by atoms with Gasteiger partial charge in [-0.3, -0.25) is 0 Å². The zero-order chi connectivity index (χ0) is 10.8. The van der Waals surface area contributed by atoms with Crippen molar-refractivity contribution in [3.8, 4) is 16.2 Å². The molecule has 0 radical (unpaired) electrons. The Labute approximate surface area is 93.0 Å². The second-order valence-electron chi connectivity index (χ2n) is 3.54. The van der Waals surface area contributed by atoms with Crippen molar-refractivity contribution < 1.29 is 5.11 Å². The van der Waals surface area contributed by atoms with Crippen molar-refractivity contribution in [2.24, 2.45) is 5.73 Å². The summed E-state index contributed by atoms with van der Waals surface area (Å²) in [5.41, 5.74) is 6.92. The molecule has 0 aliphatic heterocycles. The van der Waals surface area contributed by atoms with Crippen molar-refractivity contribution in [1.82, 2.24) is 0 Å². The number of phenols is 1. The molecule has 0 aliphatic rings. The standard InChI is InChI=1S/C12H13NOS/c1-8(13)11-6-7-12(15-11)9-2-4-10(14)5-3-9/h2-8,14H,13H2,1H3. The van der Waals surface area contributed by atoms with E-state index in [0.717, 1.165) is 5.56 Å². The van der Waals surface area contributed by atoms with Gasteiger partial charge in [-0.1, -0.05) is 0 Å². The van der Waals surface area contributed by atoms with E-state index in [9.17, 15) is 5.11 Å². The molecule has 0 saturated heterocycles. The van der Waals surface area contributed by atoms with Crippen LogP contribution in [-0.2, 0) is 0 Å². The topological polar surface area (TPSA) is 46.2 Å². The molecule has 2 rings (SSSR count). The number of hydrogen-bond donors (Lipinski definition) is 2. The van der Waals surface area contributed by atoms with Gasteiger partial charge in [0.2, 0.25) is 0 Å². The maximum absolute atomic E-state index is 9.18. The van der Waals surface area contributed by atoms with E-state index >= 15 is 0 Å². The van der Waals surface area contributed by atoms with Gasteiger partial charge in [-0.2, -0.15) is 0 Å². The van der Waals surface area contributed by atoms with Gasteiger partial charge in [0.25, 0.3) is 0 Å². The van der Waals surface area contributed by atoms with Gasteiger partial charge in [0, 0.05) is 15.8 Å². The summed E-state index contributed by atoms with van der Waals surface area (Å²) in [5, 5.41) is 9.18. The van der Waals surface area contributed by atoms with E-state index in [-0.39, 0.29) is 6.04 Å². The monoisotopic (exact) mass is 219 g/mol. The van der Waals surface area contributed by atoms with Crippen molar-refractivity contribution in [3.05, 3.63) is 41.3 Å². The molecular formula is C12H13NOS. The maximum atomic E-state index is 9.18. The Balaban J connectivity index is 2.33. The summed E-state index contributed by atoms with van der Waals surface area (Å²) in [7, 11) is 0. The van der Waals surface area contributed by atoms with Crippen molar-refractivity contribution in [1.29, 1.82) is 0 Å². The van der Waals surface area contributed by atoms with Crippen molar-refractivity contribution in [2.45, 2.75) is 13.0 Å². The first-order valence-corrected chi connectivity index (χ1v) is 5.63. The molecule has 1 aromatic heterocycles. The third-order valence-electron chi connectivity index (χ3n) is 2.23. The van der Waals surface area contributed by atoms with E-state index in [1.54, 1.807) is 23.5 Å². The first-order chi connectivity index (χ1) is 7.16. The average molecular weight is 219 g/mol. The lowest BCUT2D eigenvalue weighted by molar-refractivity contribution is 0.475. The van der Waals surface area contributed by atoms with Crippen LogP contribution in [0.2, 0.25) is 0 Å². The zero-order valence-electron chi connectivity index (χ0n) is 8.47. The van der Waals surface area contributed by atoms with Gasteiger partial charge in [-0.05, 0) is 48.9 Å². The minimum atomic E-state index is 0.0841. The van der Waals surface area contributed by atoms with Gasteiger partial charge < -0.3 is 10.8 Å². The third-order valence-corrected chi connectivity index (χ3v) is 3.56. The van der Waals surface area contributed by atoms with Crippen LogP contribution in [0.4, 0.5) is 0 Å². The number of thiophene rings is 1. The summed E-state index contributed by atoms with van der Waals surface area (Å²) < 4.78 is 0. The van der Waals surface area contributed by atoms with Crippen LogP contribution in [0.25, 0.3) is 10.4 Å². The van der Waals surface area contributed by atoms with Gasteiger partial charge in [-0.15, -0.1) is 11.3 Å². The van der Waals surface area contributed by atoms with Gasteiger partial charge in [0.15, 0.2) is 0 Å². The number of benzene rings is 1. The molecule has 78 valence electrons. The Hall–Kier alpha value is -1.32. The third kappa shape index (κ3) is 2.19. The highest BCUT2D eigenvalue weighted by atomic mass is 32.1. The predicted molar refractivity (Wildman–Crippen MR) is 64.0 cm³/mol. The largest absolute Gasteiger partial charge is 0.508 e. The second-order valence-corrected chi connectivity index (χ2v) is 4.65. The predicted octanol–water partition coefficient (Wildman–Crippen LogP) is 3.14. The molecule has 1 atom stereocenters. The molecule has 3 N–H and O–H groups in total. The fraction of sp³-hybridized carbons (Fsp3) is 0.167. The smallest absolute Gasteiger partial charge is 0.115 e. The molecule has 1 aromatic carbocycles. The minimum Gasteiger partial charge on any atom is -0.508 e. The maximum Gasteiger partial charge on any atom is 0.115 e. The summed E-state index contributed by atoms with van der Waals surface area (Å²) in [6.45, 7) is 1.98. The van der Waals surface area contributed by atoms with Gasteiger partial charge in [0.1, 0.15) is 5.75 Å². The number of hydrogen-bond acceptors (Lipinski definition) is 3. The lowest BCUT2D eigenvalue weighted by Crippen LogP contribution is -2.01. The van der Waals surface area contributed by atoms with Crippen LogP contribution in [0.1, 0.15) is 17.8 Å². The van der Waals surface area contributed by atoms with Crippen LogP contribution >= 0.6 is 11.3 Å². The molecule has 0 saturated carbocycles. The molecule has 15 heavy (non-hydrogen) atoms. The Bertz CT molecular complexity index is 445. The Morgan fingerprint density at radius 3 is 2.33 bits per heavy atom. The highest BCUT2D eigenvalue weighted by molar-refractivity contribution is 7.15. The number of aromatic hydroxyl groups is 1. The van der Waals surface area contributed by atoms with Crippen LogP contribution < -0.4 is 5.73 Å². The average Bonchev–Trinajstić information content (AvgIpc) is 2.68. The normalized spacial score (nSPS) is 12.7. The molecule has 2 aromatic rings. The summed E-state index contributed by atoms with van der Waals surface area (Å²) in [6, 6.07) is 11.4. The molecule has 0 bridgehead atoms. The van der Waals surface area contributed by atoms with E-state index in [0.29, 0.717) is 5.75 Å². The van der Waals surface area contributed by atoms with Gasteiger partial charge >= 0.3 is 0 Å². The molecule has 0 fully saturated rings. The minimum absolute atomic E-state index is 0.0841.